The van der Waals surface area contributed by atoms with Crippen LogP contribution in [-0.2, 0) is 4.74 Å². The number of para-hydroxylation sites is 1. The lowest BCUT2D eigenvalue weighted by atomic mass is 10.1. The first kappa shape index (κ1) is 21.9. The third-order valence-corrected chi connectivity index (χ3v) is 6.22. The van der Waals surface area contributed by atoms with Crippen molar-refractivity contribution in [3.8, 4) is 16.9 Å². The Labute approximate surface area is 209 Å². The van der Waals surface area contributed by atoms with Gasteiger partial charge in [-0.05, 0) is 60.7 Å². The molecule has 5 aromatic rings. The van der Waals surface area contributed by atoms with Gasteiger partial charge >= 0.3 is 0 Å². The lowest BCUT2D eigenvalue weighted by Crippen LogP contribution is -2.36. The van der Waals surface area contributed by atoms with Gasteiger partial charge in [0.05, 0.1) is 37.0 Å². The van der Waals surface area contributed by atoms with E-state index in [9.17, 15) is 0 Å². The lowest BCUT2D eigenvalue weighted by Gasteiger charge is -2.32. The Morgan fingerprint density at radius 2 is 1.56 bits per heavy atom. The number of rotatable bonds is 6. The van der Waals surface area contributed by atoms with E-state index in [2.05, 4.69) is 96.8 Å². The topological polar surface area (TPSA) is 72.2 Å². The minimum atomic E-state index is 0.721. The molecule has 1 fully saturated rings. The van der Waals surface area contributed by atoms with Crippen LogP contribution in [-0.4, -0.2) is 51.3 Å². The molecule has 178 valence electrons. The van der Waals surface area contributed by atoms with E-state index in [1.165, 1.54) is 0 Å². The van der Waals surface area contributed by atoms with Gasteiger partial charge in [-0.3, -0.25) is 0 Å². The zero-order valence-electron chi connectivity index (χ0n) is 19.7. The average molecular weight is 476 g/mol. The first-order valence-corrected chi connectivity index (χ1v) is 11.9. The van der Waals surface area contributed by atoms with Crippen LogP contribution in [0, 0.1) is 0 Å². The van der Waals surface area contributed by atoms with Crippen molar-refractivity contribution in [3.63, 3.8) is 0 Å². The summed E-state index contributed by atoms with van der Waals surface area (Å²) in [6.07, 6.45) is 6.88. The fourth-order valence-electron chi connectivity index (χ4n) is 4.46. The molecule has 0 spiro atoms. The van der Waals surface area contributed by atoms with Crippen molar-refractivity contribution in [2.75, 3.05) is 36.1 Å². The van der Waals surface area contributed by atoms with Crippen LogP contribution in [0.5, 0.6) is 0 Å². The molecule has 0 atom stereocenters. The van der Waals surface area contributed by atoms with E-state index in [0.717, 1.165) is 66.0 Å². The number of ether oxygens (including phenoxy) is 1. The quantitative estimate of drug-likeness (QED) is 0.341. The summed E-state index contributed by atoms with van der Waals surface area (Å²) in [7, 11) is 0. The first-order chi connectivity index (χ1) is 17.8. The Morgan fingerprint density at radius 1 is 0.750 bits per heavy atom. The fraction of sp³-hybridized carbons (Fsp3) is 0.143. The molecule has 8 nitrogen and oxygen atoms in total. The molecule has 1 aliphatic rings. The van der Waals surface area contributed by atoms with E-state index in [1.807, 2.05) is 18.3 Å². The van der Waals surface area contributed by atoms with Gasteiger partial charge in [0.1, 0.15) is 6.33 Å². The van der Waals surface area contributed by atoms with Gasteiger partial charge in [0.2, 0.25) is 0 Å². The average Bonchev–Trinajstić information content (AvgIpc) is 3.50. The summed E-state index contributed by atoms with van der Waals surface area (Å²) in [6.45, 7) is 3.15. The molecule has 0 bridgehead atoms. The van der Waals surface area contributed by atoms with Crippen LogP contribution >= 0.6 is 0 Å². The van der Waals surface area contributed by atoms with Gasteiger partial charge in [0, 0.05) is 47.6 Å². The van der Waals surface area contributed by atoms with E-state index in [0.29, 0.717) is 0 Å². The summed E-state index contributed by atoms with van der Waals surface area (Å²) in [5, 5.41) is 8.03. The Bertz CT molecular complexity index is 1400. The predicted octanol–water partition coefficient (Wildman–Crippen LogP) is 5.03. The van der Waals surface area contributed by atoms with Gasteiger partial charge in [-0.15, -0.1) is 5.10 Å². The van der Waals surface area contributed by atoms with E-state index in [4.69, 9.17) is 4.74 Å². The van der Waals surface area contributed by atoms with Crippen LogP contribution in [0.25, 0.3) is 16.9 Å². The third kappa shape index (κ3) is 4.54. The van der Waals surface area contributed by atoms with Crippen molar-refractivity contribution in [2.45, 2.75) is 0 Å². The minimum Gasteiger partial charge on any atom is -0.378 e. The van der Waals surface area contributed by atoms with E-state index in [-0.39, 0.29) is 0 Å². The van der Waals surface area contributed by atoms with Crippen LogP contribution in [0.1, 0.15) is 0 Å². The summed E-state index contributed by atoms with van der Waals surface area (Å²) < 4.78 is 7.36. The largest absolute Gasteiger partial charge is 0.378 e. The standard InChI is InChI=1S/C28H25N7O/c1-2-4-24(5-3-1)35(25-8-6-23(7-9-25)34-13-12-31-32-34)27-19-22(28-10-11-29-21-30-28)18-26(20-27)33-14-16-36-17-15-33/h1-13,18-21H,14-17H2. The maximum absolute atomic E-state index is 5.61. The second-order valence-corrected chi connectivity index (χ2v) is 8.47. The molecule has 1 aliphatic heterocycles. The number of anilines is 4. The van der Waals surface area contributed by atoms with E-state index >= 15 is 0 Å². The maximum Gasteiger partial charge on any atom is 0.116 e. The van der Waals surface area contributed by atoms with Gasteiger partial charge in [-0.25, -0.2) is 14.6 Å². The molecule has 3 heterocycles. The van der Waals surface area contributed by atoms with Crippen molar-refractivity contribution in [1.29, 1.82) is 0 Å². The van der Waals surface area contributed by atoms with Gasteiger partial charge in [-0.1, -0.05) is 23.4 Å². The molecule has 2 aromatic heterocycles. The van der Waals surface area contributed by atoms with Crippen LogP contribution in [0.4, 0.5) is 22.7 Å². The van der Waals surface area contributed by atoms with Crippen LogP contribution < -0.4 is 9.80 Å². The predicted molar refractivity (Wildman–Crippen MR) is 140 cm³/mol. The number of morpholine rings is 1. The zero-order chi connectivity index (χ0) is 24.2. The number of aromatic nitrogens is 5. The lowest BCUT2D eigenvalue weighted by molar-refractivity contribution is 0.122. The van der Waals surface area contributed by atoms with Crippen LogP contribution in [0.3, 0.4) is 0 Å². The summed E-state index contributed by atoms with van der Waals surface area (Å²) in [4.78, 5) is 13.3. The fourth-order valence-corrected chi connectivity index (χ4v) is 4.46. The molecule has 0 unspecified atom stereocenters. The van der Waals surface area contributed by atoms with Gasteiger partial charge < -0.3 is 14.5 Å². The molecule has 6 rings (SSSR count). The highest BCUT2D eigenvalue weighted by Crippen LogP contribution is 2.39. The van der Waals surface area contributed by atoms with E-state index < -0.39 is 0 Å². The highest BCUT2D eigenvalue weighted by Gasteiger charge is 2.19. The normalized spacial score (nSPS) is 13.5. The third-order valence-electron chi connectivity index (χ3n) is 6.22. The highest BCUT2D eigenvalue weighted by atomic mass is 16.5. The molecular formula is C28H25N7O. The van der Waals surface area contributed by atoms with Crippen molar-refractivity contribution >= 4 is 22.7 Å². The number of hydrogen-bond donors (Lipinski definition) is 0. The molecule has 0 amide bonds. The minimum absolute atomic E-state index is 0.721. The summed E-state index contributed by atoms with van der Waals surface area (Å²) >= 11 is 0. The molecule has 36 heavy (non-hydrogen) atoms. The van der Waals surface area contributed by atoms with Crippen LogP contribution in [0.15, 0.2) is 104 Å². The molecule has 0 aliphatic carbocycles. The van der Waals surface area contributed by atoms with Gasteiger partial charge in [-0.2, -0.15) is 0 Å². The molecule has 0 N–H and O–H groups in total. The molecule has 0 radical (unpaired) electrons. The SMILES string of the molecule is c1ccc(N(c2ccc(-n3ccnn3)cc2)c2cc(-c3ccncn3)cc(N3CCOCC3)c2)cc1. The molecule has 8 heteroatoms. The Hall–Kier alpha value is -4.56. The van der Waals surface area contributed by atoms with Crippen molar-refractivity contribution in [3.05, 3.63) is 104 Å². The number of hydrogen-bond acceptors (Lipinski definition) is 7. The second kappa shape index (κ2) is 9.97. The first-order valence-electron chi connectivity index (χ1n) is 11.9. The zero-order valence-corrected chi connectivity index (χ0v) is 19.7. The number of nitrogens with zero attached hydrogens (tertiary/aromatic N) is 7. The molecule has 3 aromatic carbocycles. The van der Waals surface area contributed by atoms with Crippen molar-refractivity contribution in [2.24, 2.45) is 0 Å². The summed E-state index contributed by atoms with van der Waals surface area (Å²) in [6, 6.07) is 27.3. The summed E-state index contributed by atoms with van der Waals surface area (Å²) in [5.41, 5.74) is 7.17. The Balaban J connectivity index is 1.49. The Kier molecular flexibility index (Phi) is 6.08. The van der Waals surface area contributed by atoms with Crippen molar-refractivity contribution in [1.82, 2.24) is 25.0 Å². The molecular weight excluding hydrogens is 450 g/mol. The smallest absolute Gasteiger partial charge is 0.116 e. The molecule has 0 saturated carbocycles. The van der Waals surface area contributed by atoms with Crippen molar-refractivity contribution < 1.29 is 4.74 Å². The van der Waals surface area contributed by atoms with Crippen LogP contribution in [0.2, 0.25) is 0 Å². The van der Waals surface area contributed by atoms with Gasteiger partial charge in [0.15, 0.2) is 0 Å². The number of benzene rings is 3. The highest BCUT2D eigenvalue weighted by molar-refractivity contribution is 5.82. The molecule has 1 saturated heterocycles. The monoisotopic (exact) mass is 475 g/mol. The summed E-state index contributed by atoms with van der Waals surface area (Å²) in [5.74, 6) is 0. The second-order valence-electron chi connectivity index (χ2n) is 8.47. The maximum atomic E-state index is 5.61. The van der Waals surface area contributed by atoms with E-state index in [1.54, 1.807) is 23.4 Å². The Morgan fingerprint density at radius 3 is 2.28 bits per heavy atom. The van der Waals surface area contributed by atoms with Gasteiger partial charge in [0.25, 0.3) is 0 Å².